The molecule has 5 rings (SSSR count). The normalized spacial score (nSPS) is 14.7. The van der Waals surface area contributed by atoms with Crippen LogP contribution in [0.25, 0.3) is 22.5 Å². The quantitative estimate of drug-likeness (QED) is 0.0993. The fourth-order valence-corrected chi connectivity index (χ4v) is 6.15. The summed E-state index contributed by atoms with van der Waals surface area (Å²) >= 11 is 1.53. The number of nitrogens with zero attached hydrogens (tertiary/aromatic N) is 2. The number of rotatable bonds is 11. The van der Waals surface area contributed by atoms with Gasteiger partial charge in [0.15, 0.2) is 5.82 Å². The average Bonchev–Trinajstić information content (AvgIpc) is 3.51. The predicted octanol–water partition coefficient (Wildman–Crippen LogP) is 6.27. The third kappa shape index (κ3) is 5.83. The molecule has 0 aliphatic heterocycles. The molecule has 1 aliphatic rings. The molecule has 0 saturated carbocycles. The van der Waals surface area contributed by atoms with E-state index in [-0.39, 0.29) is 5.75 Å². The van der Waals surface area contributed by atoms with Gasteiger partial charge in [-0.15, -0.1) is 5.10 Å². The van der Waals surface area contributed by atoms with Crippen LogP contribution in [0.4, 0.5) is 13.2 Å². The van der Waals surface area contributed by atoms with Gasteiger partial charge in [0.1, 0.15) is 12.0 Å². The number of alkyl halides is 3. The number of phenols is 1. The number of benzene rings is 3. The largest absolute Gasteiger partial charge is 0.508 e. The number of H-pyrrole nitrogens is 1. The molecule has 4 N–H and O–H groups in total. The van der Waals surface area contributed by atoms with Crippen LogP contribution in [0.3, 0.4) is 0 Å². The minimum absolute atomic E-state index is 0.183. The summed E-state index contributed by atoms with van der Waals surface area (Å²) in [5.41, 5.74) is 3.45. The maximum absolute atomic E-state index is 13.1. The molecule has 1 heterocycles. The van der Waals surface area contributed by atoms with Gasteiger partial charge in [-0.3, -0.25) is 10.4 Å². The number of aromatic hydroxyl groups is 1. The van der Waals surface area contributed by atoms with Crippen LogP contribution in [0.5, 0.6) is 5.75 Å². The van der Waals surface area contributed by atoms with Gasteiger partial charge in [-0.25, -0.2) is 4.98 Å². The number of nitrogens with one attached hydrogen (secondary N) is 2. The molecule has 0 radical (unpaired) electrons. The van der Waals surface area contributed by atoms with Crippen LogP contribution < -0.4 is 5.32 Å². The molecule has 1 unspecified atom stereocenters. The van der Waals surface area contributed by atoms with Gasteiger partial charge in [0.25, 0.3) is 0 Å². The van der Waals surface area contributed by atoms with Crippen LogP contribution in [-0.4, -0.2) is 50.1 Å². The minimum atomic E-state index is -4.43. The van der Waals surface area contributed by atoms with Gasteiger partial charge >= 0.3 is 6.18 Å². The van der Waals surface area contributed by atoms with E-state index in [0.717, 1.165) is 52.8 Å². The number of hydrogen-bond acceptors (Lipinski definition) is 6. The molecule has 0 bridgehead atoms. The standard InChI is InChI=1S/C29H29F3N4O2S/c30-29(31,32)18-33-26(38)28(23-10-4-2-8-21(23)22-9-3-5-11-24(22)28)16-6-1-7-17-39-27-34-25(35-36-27)19-12-14-20(37)15-13-19/h2-5,8-15,26,33,37-38H,1,6-7,16-18H2,(H,34,35,36). The highest BCUT2D eigenvalue weighted by molar-refractivity contribution is 7.99. The van der Waals surface area contributed by atoms with Crippen molar-refractivity contribution in [1.82, 2.24) is 20.5 Å². The summed E-state index contributed by atoms with van der Waals surface area (Å²) in [5.74, 6) is 1.59. The van der Waals surface area contributed by atoms with Gasteiger partial charge in [-0.05, 0) is 59.4 Å². The molecular formula is C29H29F3N4O2S. The van der Waals surface area contributed by atoms with Crippen molar-refractivity contribution in [3.63, 3.8) is 0 Å². The lowest BCUT2D eigenvalue weighted by Gasteiger charge is -2.37. The Hall–Kier alpha value is -3.34. The van der Waals surface area contributed by atoms with E-state index in [1.165, 1.54) is 11.8 Å². The molecule has 204 valence electrons. The van der Waals surface area contributed by atoms with Crippen LogP contribution in [-0.2, 0) is 5.41 Å². The Bertz CT molecular complexity index is 1360. The molecule has 3 aromatic carbocycles. The smallest absolute Gasteiger partial charge is 0.401 e. The summed E-state index contributed by atoms with van der Waals surface area (Å²) in [4.78, 5) is 4.50. The van der Waals surface area contributed by atoms with Gasteiger partial charge in [-0.1, -0.05) is 73.1 Å². The molecule has 0 spiro atoms. The minimum Gasteiger partial charge on any atom is -0.508 e. The van der Waals surface area contributed by atoms with Crippen molar-refractivity contribution in [3.05, 3.63) is 83.9 Å². The molecule has 0 saturated heterocycles. The first-order valence-corrected chi connectivity index (χ1v) is 13.8. The van der Waals surface area contributed by atoms with Gasteiger partial charge < -0.3 is 10.2 Å². The number of aliphatic hydroxyl groups is 1. The van der Waals surface area contributed by atoms with Crippen LogP contribution in [0.15, 0.2) is 78.0 Å². The monoisotopic (exact) mass is 554 g/mol. The highest BCUT2D eigenvalue weighted by atomic mass is 32.2. The fraction of sp³-hybridized carbons (Fsp3) is 0.310. The summed E-state index contributed by atoms with van der Waals surface area (Å²) in [5, 5.41) is 30.9. The molecule has 1 atom stereocenters. The van der Waals surface area contributed by atoms with Gasteiger partial charge in [0.2, 0.25) is 5.16 Å². The summed E-state index contributed by atoms with van der Waals surface area (Å²) in [6.07, 6.45) is -2.91. The number of unbranched alkanes of at least 4 members (excludes halogenated alkanes) is 2. The van der Waals surface area contributed by atoms with Gasteiger partial charge in [-0.2, -0.15) is 13.2 Å². The lowest BCUT2D eigenvalue weighted by atomic mass is 9.72. The molecule has 4 aromatic rings. The first-order valence-electron chi connectivity index (χ1n) is 12.8. The van der Waals surface area contributed by atoms with Crippen molar-refractivity contribution >= 4 is 11.8 Å². The van der Waals surface area contributed by atoms with Crippen molar-refractivity contribution in [2.45, 2.75) is 48.7 Å². The lowest BCUT2D eigenvalue weighted by molar-refractivity contribution is -0.133. The van der Waals surface area contributed by atoms with Gasteiger partial charge in [0.05, 0.1) is 12.0 Å². The third-order valence-electron chi connectivity index (χ3n) is 7.12. The number of thioether (sulfide) groups is 1. The average molecular weight is 555 g/mol. The van der Waals surface area contributed by atoms with Crippen LogP contribution in [0.1, 0.15) is 36.8 Å². The van der Waals surface area contributed by atoms with Gasteiger partial charge in [0, 0.05) is 11.3 Å². The molecule has 6 nitrogen and oxygen atoms in total. The van der Waals surface area contributed by atoms with E-state index < -0.39 is 24.4 Å². The van der Waals surface area contributed by atoms with Crippen molar-refractivity contribution < 1.29 is 23.4 Å². The third-order valence-corrected chi connectivity index (χ3v) is 8.05. The first-order chi connectivity index (χ1) is 18.8. The predicted molar refractivity (Wildman–Crippen MR) is 145 cm³/mol. The summed E-state index contributed by atoms with van der Waals surface area (Å²) in [6.45, 7) is -1.26. The number of halogens is 3. The van der Waals surface area contributed by atoms with Crippen LogP contribution >= 0.6 is 11.8 Å². The van der Waals surface area contributed by atoms with Crippen molar-refractivity contribution in [1.29, 1.82) is 0 Å². The number of aliphatic hydroxyl groups excluding tert-OH is 1. The topological polar surface area (TPSA) is 94.1 Å². The van der Waals surface area contributed by atoms with Crippen molar-refractivity contribution in [2.24, 2.45) is 0 Å². The molecular weight excluding hydrogens is 525 g/mol. The Morgan fingerprint density at radius 1 is 0.897 bits per heavy atom. The van der Waals surface area contributed by atoms with Crippen molar-refractivity contribution in [3.8, 4) is 28.3 Å². The Kier molecular flexibility index (Phi) is 7.97. The van der Waals surface area contributed by atoms with Crippen LogP contribution in [0, 0.1) is 0 Å². The summed E-state index contributed by atoms with van der Waals surface area (Å²) < 4.78 is 39.2. The SMILES string of the molecule is Oc1ccc(-c2nc(SCCCCCC3(C(O)NCC(F)(F)F)c4ccccc4-c4ccccc43)n[nH]2)cc1. The van der Waals surface area contributed by atoms with E-state index in [4.69, 9.17) is 0 Å². The Morgan fingerprint density at radius 3 is 2.18 bits per heavy atom. The fourth-order valence-electron chi connectivity index (χ4n) is 5.35. The molecule has 1 aromatic heterocycles. The van der Waals surface area contributed by atoms with E-state index in [1.807, 2.05) is 48.5 Å². The summed E-state index contributed by atoms with van der Waals surface area (Å²) in [7, 11) is 0. The van der Waals surface area contributed by atoms with E-state index in [0.29, 0.717) is 17.4 Å². The Morgan fingerprint density at radius 2 is 1.54 bits per heavy atom. The summed E-state index contributed by atoms with van der Waals surface area (Å²) in [6, 6.07) is 22.0. The maximum Gasteiger partial charge on any atom is 0.401 e. The molecule has 0 fully saturated rings. The van der Waals surface area contributed by atoms with Crippen LogP contribution in [0.2, 0.25) is 0 Å². The molecule has 1 aliphatic carbocycles. The Balaban J connectivity index is 1.24. The zero-order valence-corrected chi connectivity index (χ0v) is 21.9. The zero-order valence-electron chi connectivity index (χ0n) is 21.1. The lowest BCUT2D eigenvalue weighted by Crippen LogP contribution is -2.50. The first kappa shape index (κ1) is 27.2. The highest BCUT2D eigenvalue weighted by Crippen LogP contribution is 2.53. The van der Waals surface area contributed by atoms with Crippen molar-refractivity contribution in [2.75, 3.05) is 12.3 Å². The second-order valence-corrected chi connectivity index (χ2v) is 10.7. The Labute approximate surface area is 228 Å². The number of aromatic nitrogens is 3. The second kappa shape index (κ2) is 11.4. The number of hydrogen-bond donors (Lipinski definition) is 4. The molecule has 0 amide bonds. The molecule has 39 heavy (non-hydrogen) atoms. The van der Waals surface area contributed by atoms with E-state index in [2.05, 4.69) is 20.5 Å². The van der Waals surface area contributed by atoms with E-state index in [1.54, 1.807) is 24.3 Å². The highest BCUT2D eigenvalue weighted by Gasteiger charge is 2.48. The number of fused-ring (bicyclic) bond motifs is 3. The maximum atomic E-state index is 13.1. The molecule has 10 heteroatoms. The van der Waals surface area contributed by atoms with E-state index in [9.17, 15) is 23.4 Å². The second-order valence-electron chi connectivity index (χ2n) is 9.63. The number of aromatic amines is 1. The number of phenolic OH excluding ortho intramolecular Hbond substituents is 1. The zero-order chi connectivity index (χ0) is 27.5. The van der Waals surface area contributed by atoms with E-state index >= 15 is 0 Å².